The molecule has 1 saturated heterocycles. The lowest BCUT2D eigenvalue weighted by atomic mass is 10.2. The zero-order chi connectivity index (χ0) is 19.2. The number of amides is 2. The van der Waals surface area contributed by atoms with Gasteiger partial charge in [-0.15, -0.1) is 0 Å². The third kappa shape index (κ3) is 4.64. The van der Waals surface area contributed by atoms with Gasteiger partial charge in [-0.2, -0.15) is 0 Å². The number of hydrogen-bond donors (Lipinski definition) is 2. The number of benzene rings is 2. The second kappa shape index (κ2) is 8.80. The molecular formula is C22H25N3O3. The molecule has 2 amide bonds. The van der Waals surface area contributed by atoms with Gasteiger partial charge in [0.25, 0.3) is 0 Å². The Kier molecular flexibility index (Phi) is 5.77. The van der Waals surface area contributed by atoms with E-state index in [0.717, 1.165) is 41.8 Å². The summed E-state index contributed by atoms with van der Waals surface area (Å²) >= 11 is 0. The highest BCUT2D eigenvalue weighted by Crippen LogP contribution is 2.19. The number of anilines is 1. The summed E-state index contributed by atoms with van der Waals surface area (Å²) in [6, 6.07) is 17.3. The Balaban J connectivity index is 1.39. The van der Waals surface area contributed by atoms with Crippen molar-refractivity contribution in [1.29, 1.82) is 0 Å². The van der Waals surface area contributed by atoms with Gasteiger partial charge in [0.05, 0.1) is 12.6 Å². The molecule has 0 bridgehead atoms. The van der Waals surface area contributed by atoms with Crippen LogP contribution < -0.4 is 10.1 Å². The van der Waals surface area contributed by atoms with Crippen molar-refractivity contribution < 1.29 is 14.3 Å². The third-order valence-corrected chi connectivity index (χ3v) is 4.91. The number of rotatable bonds is 7. The molecule has 2 heterocycles. The molecule has 0 saturated carbocycles. The fourth-order valence-corrected chi connectivity index (χ4v) is 3.43. The van der Waals surface area contributed by atoms with E-state index in [-0.39, 0.29) is 12.1 Å². The summed E-state index contributed by atoms with van der Waals surface area (Å²) < 4.78 is 11.5. The largest absolute Gasteiger partial charge is 0.492 e. The zero-order valence-corrected chi connectivity index (χ0v) is 15.8. The molecule has 6 nitrogen and oxygen atoms in total. The normalized spacial score (nSPS) is 16.2. The second-order valence-corrected chi connectivity index (χ2v) is 6.95. The number of urea groups is 1. The minimum absolute atomic E-state index is 0.0922. The first-order valence-corrected chi connectivity index (χ1v) is 9.70. The summed E-state index contributed by atoms with van der Waals surface area (Å²) in [6.45, 7) is 2.26. The summed E-state index contributed by atoms with van der Waals surface area (Å²) in [7, 11) is 0. The predicted octanol–water partition coefficient (Wildman–Crippen LogP) is 4.26. The van der Waals surface area contributed by atoms with E-state index in [1.165, 1.54) is 0 Å². The molecule has 146 valence electrons. The highest BCUT2D eigenvalue weighted by atomic mass is 16.5. The van der Waals surface area contributed by atoms with Crippen molar-refractivity contribution in [3.05, 3.63) is 60.8 Å². The number of nitrogens with zero attached hydrogens (tertiary/aromatic N) is 1. The van der Waals surface area contributed by atoms with E-state index < -0.39 is 0 Å². The smallest absolute Gasteiger partial charge is 0.322 e. The van der Waals surface area contributed by atoms with E-state index in [4.69, 9.17) is 9.47 Å². The topological polar surface area (TPSA) is 66.6 Å². The van der Waals surface area contributed by atoms with Gasteiger partial charge in [-0.25, -0.2) is 4.79 Å². The van der Waals surface area contributed by atoms with Gasteiger partial charge < -0.3 is 24.7 Å². The minimum atomic E-state index is -0.137. The van der Waals surface area contributed by atoms with Crippen molar-refractivity contribution in [2.45, 2.75) is 18.9 Å². The van der Waals surface area contributed by atoms with Crippen molar-refractivity contribution in [3.63, 3.8) is 0 Å². The summed E-state index contributed by atoms with van der Waals surface area (Å²) in [4.78, 5) is 17.8. The first-order valence-electron chi connectivity index (χ1n) is 9.70. The molecule has 1 aliphatic heterocycles. The first-order chi connectivity index (χ1) is 13.8. The van der Waals surface area contributed by atoms with Crippen LogP contribution in [0.1, 0.15) is 12.8 Å². The van der Waals surface area contributed by atoms with E-state index >= 15 is 0 Å². The Bertz CT molecular complexity index is 904. The van der Waals surface area contributed by atoms with Crippen LogP contribution in [0.25, 0.3) is 10.9 Å². The van der Waals surface area contributed by atoms with Gasteiger partial charge in [0.2, 0.25) is 0 Å². The number of aromatic nitrogens is 1. The Labute approximate surface area is 164 Å². The maximum absolute atomic E-state index is 12.9. The van der Waals surface area contributed by atoms with Crippen LogP contribution in [0.5, 0.6) is 5.75 Å². The third-order valence-electron chi connectivity index (χ3n) is 4.91. The maximum atomic E-state index is 12.9. The van der Waals surface area contributed by atoms with Crippen LogP contribution in [0.15, 0.2) is 60.8 Å². The highest BCUT2D eigenvalue weighted by Gasteiger charge is 2.22. The van der Waals surface area contributed by atoms with Gasteiger partial charge in [0.15, 0.2) is 0 Å². The van der Waals surface area contributed by atoms with E-state index in [1.54, 1.807) is 4.90 Å². The molecular weight excluding hydrogens is 354 g/mol. The summed E-state index contributed by atoms with van der Waals surface area (Å²) in [5, 5.41) is 4.07. The molecule has 1 fully saturated rings. The molecule has 4 rings (SSSR count). The molecule has 1 aromatic heterocycles. The van der Waals surface area contributed by atoms with Gasteiger partial charge in [0, 0.05) is 35.9 Å². The van der Waals surface area contributed by atoms with E-state index in [0.29, 0.717) is 19.7 Å². The van der Waals surface area contributed by atoms with Crippen LogP contribution in [0.4, 0.5) is 10.5 Å². The molecule has 0 radical (unpaired) electrons. The molecule has 28 heavy (non-hydrogen) atoms. The minimum Gasteiger partial charge on any atom is -0.492 e. The number of ether oxygens (including phenoxy) is 2. The number of carbonyl (C=O) groups excluding carboxylic acids is 1. The van der Waals surface area contributed by atoms with E-state index in [2.05, 4.69) is 10.3 Å². The fraction of sp³-hybridized carbons (Fsp3) is 0.318. The number of H-pyrrole nitrogens is 1. The van der Waals surface area contributed by atoms with Gasteiger partial charge in [-0.1, -0.05) is 18.2 Å². The molecule has 3 aromatic rings. The van der Waals surface area contributed by atoms with Gasteiger partial charge in [0.1, 0.15) is 12.4 Å². The molecule has 1 aliphatic rings. The average Bonchev–Trinajstić information content (AvgIpc) is 3.39. The van der Waals surface area contributed by atoms with Gasteiger partial charge >= 0.3 is 6.03 Å². The molecule has 0 unspecified atom stereocenters. The summed E-state index contributed by atoms with van der Waals surface area (Å²) in [5.74, 6) is 0.804. The molecule has 1 atom stereocenters. The van der Waals surface area contributed by atoms with Crippen LogP contribution in [-0.2, 0) is 4.74 Å². The number of nitrogens with one attached hydrogen (secondary N) is 2. The Hall–Kier alpha value is -2.99. The van der Waals surface area contributed by atoms with Crippen LogP contribution >= 0.6 is 0 Å². The Morgan fingerprint density at radius 2 is 2.11 bits per heavy atom. The summed E-state index contributed by atoms with van der Waals surface area (Å²) in [6.07, 6.45) is 4.01. The molecule has 6 heteroatoms. The van der Waals surface area contributed by atoms with Crippen molar-refractivity contribution in [3.8, 4) is 5.75 Å². The predicted molar refractivity (Wildman–Crippen MR) is 110 cm³/mol. The van der Waals surface area contributed by atoms with Crippen molar-refractivity contribution in [1.82, 2.24) is 9.88 Å². The number of fused-ring (bicyclic) bond motifs is 1. The number of carbonyl (C=O) groups is 1. The average molecular weight is 379 g/mol. The molecule has 2 aromatic carbocycles. The number of para-hydroxylation sites is 1. The maximum Gasteiger partial charge on any atom is 0.322 e. The fourth-order valence-electron chi connectivity index (χ4n) is 3.43. The highest BCUT2D eigenvalue weighted by molar-refractivity contribution is 5.92. The lowest BCUT2D eigenvalue weighted by Gasteiger charge is -2.26. The Morgan fingerprint density at radius 1 is 1.21 bits per heavy atom. The number of hydrogen-bond acceptors (Lipinski definition) is 3. The lowest BCUT2D eigenvalue weighted by molar-refractivity contribution is 0.0799. The number of aromatic amines is 1. The van der Waals surface area contributed by atoms with Crippen molar-refractivity contribution in [2.24, 2.45) is 0 Å². The van der Waals surface area contributed by atoms with Crippen LogP contribution in [-0.4, -0.2) is 48.3 Å². The summed E-state index contributed by atoms with van der Waals surface area (Å²) in [5.41, 5.74) is 1.82. The lowest BCUT2D eigenvalue weighted by Crippen LogP contribution is -2.42. The van der Waals surface area contributed by atoms with Crippen LogP contribution in [0, 0.1) is 0 Å². The monoisotopic (exact) mass is 379 g/mol. The van der Waals surface area contributed by atoms with Gasteiger partial charge in [-0.3, -0.25) is 0 Å². The Morgan fingerprint density at radius 3 is 2.93 bits per heavy atom. The van der Waals surface area contributed by atoms with Crippen LogP contribution in [0.2, 0.25) is 0 Å². The zero-order valence-electron chi connectivity index (χ0n) is 15.8. The second-order valence-electron chi connectivity index (χ2n) is 6.95. The van der Waals surface area contributed by atoms with E-state index in [9.17, 15) is 4.79 Å². The van der Waals surface area contributed by atoms with Crippen LogP contribution in [0.3, 0.4) is 0 Å². The van der Waals surface area contributed by atoms with Crippen molar-refractivity contribution >= 4 is 22.6 Å². The standard InChI is InChI=1S/C22H25N3O3/c26-22(24-18-8-9-21-17(15-18)10-11-23-21)25(16-20-7-4-13-27-20)12-14-28-19-5-2-1-3-6-19/h1-3,5-6,8-11,15,20,23H,4,7,12-14,16H2,(H,24,26)/t20-/m0/s1. The van der Waals surface area contributed by atoms with Crippen molar-refractivity contribution in [2.75, 3.05) is 31.6 Å². The van der Waals surface area contributed by atoms with E-state index in [1.807, 2.05) is 60.8 Å². The van der Waals surface area contributed by atoms with Gasteiger partial charge in [-0.05, 0) is 49.2 Å². The SMILES string of the molecule is O=C(Nc1ccc2[nH]ccc2c1)N(CCOc1ccccc1)C[C@@H]1CCCO1. The molecule has 0 aliphatic carbocycles. The quantitative estimate of drug-likeness (QED) is 0.645. The molecule has 0 spiro atoms. The first kappa shape index (κ1) is 18.4. The molecule has 2 N–H and O–H groups in total.